The van der Waals surface area contributed by atoms with Crippen molar-refractivity contribution in [2.75, 3.05) is 0 Å². The quantitative estimate of drug-likeness (QED) is 0.197. The van der Waals surface area contributed by atoms with Crippen molar-refractivity contribution in [3.8, 4) is 5.75 Å². The first-order valence-electron chi connectivity index (χ1n) is 10.7. The van der Waals surface area contributed by atoms with E-state index in [1.54, 1.807) is 54.6 Å². The Labute approximate surface area is 200 Å². The van der Waals surface area contributed by atoms with Gasteiger partial charge in [0.25, 0.3) is 11.1 Å². The predicted octanol–water partition coefficient (Wildman–Crippen LogP) is 6.30. The van der Waals surface area contributed by atoms with Gasteiger partial charge in [-0.2, -0.15) is 0 Å². The Balaban J connectivity index is 1.32. The van der Waals surface area contributed by atoms with Crippen LogP contribution in [0.4, 0.5) is 4.79 Å². The van der Waals surface area contributed by atoms with Crippen molar-refractivity contribution in [3.63, 3.8) is 0 Å². The van der Waals surface area contributed by atoms with Crippen LogP contribution in [0.1, 0.15) is 21.5 Å². The summed E-state index contributed by atoms with van der Waals surface area (Å²) in [6.45, 7) is 0.210. The molecule has 166 valence electrons. The van der Waals surface area contributed by atoms with Crippen molar-refractivity contribution < 1.29 is 19.1 Å². The number of esters is 1. The van der Waals surface area contributed by atoms with E-state index in [0.717, 1.165) is 28.1 Å². The molecule has 0 spiro atoms. The van der Waals surface area contributed by atoms with Crippen LogP contribution in [0.3, 0.4) is 0 Å². The summed E-state index contributed by atoms with van der Waals surface area (Å²) < 4.78 is 5.45. The first-order valence-corrected chi connectivity index (χ1v) is 11.5. The Bertz CT molecular complexity index is 1450. The van der Waals surface area contributed by atoms with Gasteiger partial charge in [-0.3, -0.25) is 14.5 Å². The van der Waals surface area contributed by atoms with Crippen molar-refractivity contribution >= 4 is 45.7 Å². The number of imide groups is 1. The van der Waals surface area contributed by atoms with Crippen molar-refractivity contribution in [1.82, 2.24) is 4.90 Å². The van der Waals surface area contributed by atoms with Crippen LogP contribution in [0.15, 0.2) is 102 Å². The van der Waals surface area contributed by atoms with E-state index >= 15 is 0 Å². The van der Waals surface area contributed by atoms with Crippen LogP contribution in [0, 0.1) is 0 Å². The van der Waals surface area contributed by atoms with E-state index in [9.17, 15) is 14.4 Å². The van der Waals surface area contributed by atoms with Gasteiger partial charge >= 0.3 is 5.97 Å². The van der Waals surface area contributed by atoms with Gasteiger partial charge in [-0.1, -0.05) is 66.7 Å². The number of amides is 2. The molecule has 0 bridgehead atoms. The topological polar surface area (TPSA) is 63.7 Å². The first kappa shape index (κ1) is 21.7. The largest absolute Gasteiger partial charge is 0.423 e. The minimum atomic E-state index is -0.464. The maximum Gasteiger partial charge on any atom is 0.343 e. The highest BCUT2D eigenvalue weighted by molar-refractivity contribution is 8.18. The van der Waals surface area contributed by atoms with Crippen molar-refractivity contribution in [2.24, 2.45) is 0 Å². The summed E-state index contributed by atoms with van der Waals surface area (Å²) in [7, 11) is 0. The van der Waals surface area contributed by atoms with Crippen LogP contribution in [0.2, 0.25) is 0 Å². The molecule has 0 atom stereocenters. The van der Waals surface area contributed by atoms with Crippen LogP contribution in [-0.4, -0.2) is 22.0 Å². The second-order valence-electron chi connectivity index (χ2n) is 7.78. The third-order valence-corrected chi connectivity index (χ3v) is 6.31. The van der Waals surface area contributed by atoms with Crippen LogP contribution in [-0.2, 0) is 11.3 Å². The summed E-state index contributed by atoms with van der Waals surface area (Å²) in [5.74, 6) is -0.443. The molecule has 5 nitrogen and oxygen atoms in total. The first-order chi connectivity index (χ1) is 16.6. The zero-order valence-electron chi connectivity index (χ0n) is 18.0. The van der Waals surface area contributed by atoms with E-state index in [4.69, 9.17) is 4.74 Å². The molecule has 1 fully saturated rings. The van der Waals surface area contributed by atoms with Crippen molar-refractivity contribution in [1.29, 1.82) is 0 Å². The highest BCUT2D eigenvalue weighted by Crippen LogP contribution is 2.34. The van der Waals surface area contributed by atoms with E-state index < -0.39 is 5.97 Å². The third-order valence-electron chi connectivity index (χ3n) is 5.40. The van der Waals surface area contributed by atoms with Gasteiger partial charge in [0, 0.05) is 0 Å². The molecule has 1 saturated heterocycles. The van der Waals surface area contributed by atoms with Gasteiger partial charge in [0.05, 0.1) is 17.0 Å². The summed E-state index contributed by atoms with van der Waals surface area (Å²) in [6.07, 6.45) is 1.64. The average molecular weight is 466 g/mol. The van der Waals surface area contributed by atoms with Crippen molar-refractivity contribution in [3.05, 3.63) is 119 Å². The summed E-state index contributed by atoms with van der Waals surface area (Å²) in [5, 5.41) is 1.86. The van der Waals surface area contributed by atoms with Crippen LogP contribution in [0.25, 0.3) is 16.8 Å². The molecule has 0 N–H and O–H groups in total. The smallest absolute Gasteiger partial charge is 0.343 e. The minimum absolute atomic E-state index is 0.210. The SMILES string of the molecule is O=C(Oc1cccc(/C=C2\SC(=O)N(Cc3ccc4ccccc4c3)C2=O)c1)c1ccccc1. The Kier molecular flexibility index (Phi) is 5.97. The Hall–Kier alpha value is -4.16. The molecular weight excluding hydrogens is 446 g/mol. The molecule has 4 aromatic carbocycles. The number of rotatable bonds is 5. The number of fused-ring (bicyclic) bond motifs is 1. The number of benzene rings is 4. The lowest BCUT2D eigenvalue weighted by Crippen LogP contribution is -2.27. The lowest BCUT2D eigenvalue weighted by Gasteiger charge is -2.13. The van der Waals surface area contributed by atoms with Crippen LogP contribution >= 0.6 is 11.8 Å². The third kappa shape index (κ3) is 4.63. The normalized spacial score (nSPS) is 14.7. The number of hydrogen-bond acceptors (Lipinski definition) is 5. The van der Waals surface area contributed by atoms with Gasteiger partial charge in [-0.05, 0) is 70.1 Å². The second kappa shape index (κ2) is 9.37. The standard InChI is InChI=1S/C28H19NO4S/c30-26-25(17-19-7-6-12-24(16-19)33-27(31)22-9-2-1-3-10-22)34-28(32)29(26)18-20-13-14-21-8-4-5-11-23(21)15-20/h1-17H,18H2/b25-17-. The molecule has 2 amide bonds. The highest BCUT2D eigenvalue weighted by Gasteiger charge is 2.35. The fourth-order valence-corrected chi connectivity index (χ4v) is 4.55. The number of hydrogen-bond donors (Lipinski definition) is 0. The molecule has 5 rings (SSSR count). The molecule has 0 aromatic heterocycles. The van der Waals surface area contributed by atoms with E-state index in [1.807, 2.05) is 48.5 Å². The number of carbonyl (C=O) groups excluding carboxylic acids is 3. The molecule has 0 radical (unpaired) electrons. The molecule has 1 heterocycles. The molecule has 0 unspecified atom stereocenters. The number of thioether (sulfide) groups is 1. The fraction of sp³-hybridized carbons (Fsp3) is 0.0357. The van der Waals surface area contributed by atoms with E-state index in [-0.39, 0.29) is 17.7 Å². The predicted molar refractivity (Wildman–Crippen MR) is 133 cm³/mol. The van der Waals surface area contributed by atoms with Crippen molar-refractivity contribution in [2.45, 2.75) is 6.54 Å². The molecule has 1 aliphatic heterocycles. The Morgan fingerprint density at radius 3 is 2.41 bits per heavy atom. The maximum absolute atomic E-state index is 13.0. The monoisotopic (exact) mass is 465 g/mol. The summed E-state index contributed by atoms with van der Waals surface area (Å²) in [6, 6.07) is 29.4. The highest BCUT2D eigenvalue weighted by atomic mass is 32.2. The maximum atomic E-state index is 13.0. The van der Waals surface area contributed by atoms with E-state index in [2.05, 4.69) is 0 Å². The summed E-state index contributed by atoms with van der Waals surface area (Å²) >= 11 is 0.907. The van der Waals surface area contributed by atoms with Crippen LogP contribution < -0.4 is 4.74 Å². The molecule has 4 aromatic rings. The fourth-order valence-electron chi connectivity index (χ4n) is 3.72. The van der Waals surface area contributed by atoms with Crippen LogP contribution in [0.5, 0.6) is 5.75 Å². The molecule has 0 aliphatic carbocycles. The summed E-state index contributed by atoms with van der Waals surface area (Å²) in [5.41, 5.74) is 1.99. The molecule has 1 aliphatic rings. The summed E-state index contributed by atoms with van der Waals surface area (Å²) in [4.78, 5) is 39.4. The lowest BCUT2D eigenvalue weighted by molar-refractivity contribution is -0.123. The van der Waals surface area contributed by atoms with E-state index in [1.165, 1.54) is 4.90 Å². The van der Waals surface area contributed by atoms with Gasteiger partial charge in [-0.25, -0.2) is 4.79 Å². The minimum Gasteiger partial charge on any atom is -0.423 e. The van der Waals surface area contributed by atoms with E-state index in [0.29, 0.717) is 21.8 Å². The van der Waals surface area contributed by atoms with Gasteiger partial charge in [0.15, 0.2) is 0 Å². The molecular formula is C28H19NO4S. The zero-order valence-corrected chi connectivity index (χ0v) is 18.8. The van der Waals surface area contributed by atoms with Gasteiger partial charge < -0.3 is 4.74 Å². The lowest BCUT2D eigenvalue weighted by atomic mass is 10.1. The van der Waals surface area contributed by atoms with Gasteiger partial charge in [0.2, 0.25) is 0 Å². The molecule has 0 saturated carbocycles. The van der Waals surface area contributed by atoms with Gasteiger partial charge in [-0.15, -0.1) is 0 Å². The molecule has 34 heavy (non-hydrogen) atoms. The number of nitrogens with zero attached hydrogens (tertiary/aromatic N) is 1. The number of carbonyl (C=O) groups is 3. The Morgan fingerprint density at radius 1 is 0.824 bits per heavy atom. The second-order valence-corrected chi connectivity index (χ2v) is 8.77. The zero-order chi connectivity index (χ0) is 23.5. The number of ether oxygens (including phenoxy) is 1. The van der Waals surface area contributed by atoms with Gasteiger partial charge in [0.1, 0.15) is 5.75 Å². The Morgan fingerprint density at radius 2 is 1.59 bits per heavy atom. The average Bonchev–Trinajstić information content (AvgIpc) is 3.12. The molecule has 6 heteroatoms.